The van der Waals surface area contributed by atoms with E-state index in [9.17, 15) is 0 Å². The molecule has 1 fully saturated rings. The lowest BCUT2D eigenvalue weighted by molar-refractivity contribution is 0.346. The summed E-state index contributed by atoms with van der Waals surface area (Å²) in [6.07, 6.45) is 8.07. The summed E-state index contributed by atoms with van der Waals surface area (Å²) in [4.78, 5) is 2.14. The fraction of sp³-hybridized carbons (Fsp3) is 0.786. The Morgan fingerprint density at radius 2 is 2.20 bits per heavy atom. The minimum Gasteiger partial charge on any atom is -0.308 e. The van der Waals surface area contributed by atoms with Gasteiger partial charge in [0, 0.05) is 6.54 Å². The van der Waals surface area contributed by atoms with Gasteiger partial charge in [0.05, 0.1) is 29.5 Å². The molecule has 1 unspecified atom stereocenters. The topological polar surface area (TPSA) is 59.1 Å². The largest absolute Gasteiger partial charge is 0.308 e. The summed E-state index contributed by atoms with van der Waals surface area (Å²) in [6.45, 7) is 1.77. The van der Waals surface area contributed by atoms with Gasteiger partial charge in [-0.1, -0.05) is 37.3 Å². The molecule has 1 heterocycles. The number of aromatic nitrogens is 2. The van der Waals surface area contributed by atoms with Gasteiger partial charge in [0.1, 0.15) is 0 Å². The molecule has 2 rings (SSSR count). The minimum absolute atomic E-state index is 0.0928. The van der Waals surface area contributed by atoms with Crippen molar-refractivity contribution in [3.8, 4) is 0 Å². The van der Waals surface area contributed by atoms with Gasteiger partial charge >= 0.3 is 0 Å². The average Bonchev–Trinajstić information content (AvgIpc) is 3.03. The van der Waals surface area contributed by atoms with Crippen LogP contribution in [0.2, 0.25) is 5.02 Å². The van der Waals surface area contributed by atoms with Crippen LogP contribution in [-0.4, -0.2) is 35.3 Å². The highest BCUT2D eigenvalue weighted by Gasteiger charge is 2.25. The lowest BCUT2D eigenvalue weighted by atomic mass is 9.97. The second-order valence-corrected chi connectivity index (χ2v) is 6.42. The molecule has 6 heteroatoms. The van der Waals surface area contributed by atoms with Crippen LogP contribution in [0.5, 0.6) is 0 Å². The van der Waals surface area contributed by atoms with Gasteiger partial charge in [-0.3, -0.25) is 16.0 Å². The maximum absolute atomic E-state index is 6.33. The molecule has 1 aromatic rings. The van der Waals surface area contributed by atoms with Gasteiger partial charge < -0.3 is 4.90 Å². The zero-order valence-corrected chi connectivity index (χ0v) is 13.2. The lowest BCUT2D eigenvalue weighted by Gasteiger charge is -2.22. The summed E-state index contributed by atoms with van der Waals surface area (Å²) in [6, 6.07) is 0.0928. The third-order valence-corrected chi connectivity index (χ3v) is 4.46. The molecule has 0 aromatic carbocycles. The van der Waals surface area contributed by atoms with E-state index >= 15 is 0 Å². The molecule has 114 valence electrons. The van der Waals surface area contributed by atoms with E-state index in [4.69, 9.17) is 17.4 Å². The van der Waals surface area contributed by atoms with Crippen LogP contribution in [0.4, 0.5) is 0 Å². The van der Waals surface area contributed by atoms with Crippen molar-refractivity contribution < 1.29 is 0 Å². The Labute approximate surface area is 126 Å². The van der Waals surface area contributed by atoms with Crippen LogP contribution in [0.1, 0.15) is 43.8 Å². The van der Waals surface area contributed by atoms with E-state index in [2.05, 4.69) is 29.5 Å². The molecule has 5 nitrogen and oxygen atoms in total. The molecule has 0 bridgehead atoms. The highest BCUT2D eigenvalue weighted by Crippen LogP contribution is 2.34. The van der Waals surface area contributed by atoms with Crippen LogP contribution in [0.3, 0.4) is 0 Å². The first kappa shape index (κ1) is 15.8. The zero-order chi connectivity index (χ0) is 14.5. The van der Waals surface area contributed by atoms with E-state index in [0.717, 1.165) is 31.1 Å². The maximum Gasteiger partial charge on any atom is 0.0834 e. The first-order valence-corrected chi connectivity index (χ1v) is 7.81. The zero-order valence-electron chi connectivity index (χ0n) is 12.5. The standard InChI is InChI=1S/C14H26ClN5/c1-19(2)7-8-20-14(12(15)10-17-20)13(18-16)9-11-5-3-4-6-11/h10-11,13,18H,3-9,16H2,1-2H3. The van der Waals surface area contributed by atoms with E-state index in [1.165, 1.54) is 25.7 Å². The molecule has 0 saturated heterocycles. The number of nitrogens with zero attached hydrogens (tertiary/aromatic N) is 3. The van der Waals surface area contributed by atoms with E-state index in [1.807, 2.05) is 4.68 Å². The van der Waals surface area contributed by atoms with Gasteiger partial charge in [-0.2, -0.15) is 5.10 Å². The SMILES string of the molecule is CN(C)CCn1ncc(Cl)c1C(CC1CCCC1)NN. The average molecular weight is 300 g/mol. The molecule has 3 N–H and O–H groups in total. The minimum atomic E-state index is 0.0928. The van der Waals surface area contributed by atoms with Gasteiger partial charge in [0.25, 0.3) is 0 Å². The monoisotopic (exact) mass is 299 g/mol. The Hall–Kier alpha value is -0.620. The van der Waals surface area contributed by atoms with E-state index in [0.29, 0.717) is 5.02 Å². The van der Waals surface area contributed by atoms with Crippen molar-refractivity contribution in [1.82, 2.24) is 20.1 Å². The van der Waals surface area contributed by atoms with Crippen molar-refractivity contribution in [3.05, 3.63) is 16.9 Å². The summed E-state index contributed by atoms with van der Waals surface area (Å²) in [5, 5.41) is 5.11. The number of likely N-dealkylation sites (N-methyl/N-ethyl adjacent to an activating group) is 1. The van der Waals surface area contributed by atoms with Gasteiger partial charge in [-0.25, -0.2) is 0 Å². The molecule has 1 aliphatic carbocycles. The summed E-state index contributed by atoms with van der Waals surface area (Å²) in [5.41, 5.74) is 3.97. The number of hydrogen-bond acceptors (Lipinski definition) is 4. The fourth-order valence-corrected chi connectivity index (χ4v) is 3.30. The van der Waals surface area contributed by atoms with Crippen LogP contribution in [0, 0.1) is 5.92 Å². The molecular weight excluding hydrogens is 274 g/mol. The Bertz CT molecular complexity index is 412. The molecular formula is C14H26ClN5. The molecule has 1 saturated carbocycles. The number of hydrazine groups is 1. The third-order valence-electron chi connectivity index (χ3n) is 4.17. The van der Waals surface area contributed by atoms with Crippen molar-refractivity contribution in [2.75, 3.05) is 20.6 Å². The smallest absolute Gasteiger partial charge is 0.0834 e. The molecule has 0 amide bonds. The number of nitrogens with one attached hydrogen (secondary N) is 1. The quantitative estimate of drug-likeness (QED) is 0.598. The second-order valence-electron chi connectivity index (χ2n) is 6.01. The highest BCUT2D eigenvalue weighted by atomic mass is 35.5. The van der Waals surface area contributed by atoms with Crippen LogP contribution in [0.25, 0.3) is 0 Å². The number of halogens is 1. The van der Waals surface area contributed by atoms with Crippen LogP contribution in [0.15, 0.2) is 6.20 Å². The van der Waals surface area contributed by atoms with E-state index in [1.54, 1.807) is 6.20 Å². The molecule has 1 aromatic heterocycles. The van der Waals surface area contributed by atoms with Gasteiger partial charge in [0.2, 0.25) is 0 Å². The molecule has 1 atom stereocenters. The Kier molecular flexibility index (Phi) is 5.84. The first-order chi connectivity index (χ1) is 9.61. The Morgan fingerprint density at radius 1 is 1.50 bits per heavy atom. The van der Waals surface area contributed by atoms with Crippen molar-refractivity contribution in [2.24, 2.45) is 11.8 Å². The molecule has 0 spiro atoms. The summed E-state index contributed by atoms with van der Waals surface area (Å²) in [7, 11) is 4.12. The van der Waals surface area contributed by atoms with E-state index < -0.39 is 0 Å². The van der Waals surface area contributed by atoms with Gasteiger partial charge in [0.15, 0.2) is 0 Å². The predicted molar refractivity (Wildman–Crippen MR) is 82.4 cm³/mol. The van der Waals surface area contributed by atoms with Crippen molar-refractivity contribution in [3.63, 3.8) is 0 Å². The van der Waals surface area contributed by atoms with Crippen molar-refractivity contribution in [1.29, 1.82) is 0 Å². The van der Waals surface area contributed by atoms with E-state index in [-0.39, 0.29) is 6.04 Å². The molecule has 0 radical (unpaired) electrons. The predicted octanol–water partition coefficient (Wildman–Crippen LogP) is 2.18. The van der Waals surface area contributed by atoms with Crippen molar-refractivity contribution >= 4 is 11.6 Å². The molecule has 0 aliphatic heterocycles. The van der Waals surface area contributed by atoms with Crippen LogP contribution < -0.4 is 11.3 Å². The summed E-state index contributed by atoms with van der Waals surface area (Å²) < 4.78 is 1.99. The maximum atomic E-state index is 6.33. The van der Waals surface area contributed by atoms with Gasteiger partial charge in [-0.05, 0) is 26.4 Å². The van der Waals surface area contributed by atoms with Gasteiger partial charge in [-0.15, -0.1) is 0 Å². The number of nitrogens with two attached hydrogens (primary N) is 1. The highest BCUT2D eigenvalue weighted by molar-refractivity contribution is 6.31. The second kappa shape index (κ2) is 7.41. The summed E-state index contributed by atoms with van der Waals surface area (Å²) in [5.74, 6) is 6.53. The number of hydrogen-bond donors (Lipinski definition) is 2. The Balaban J connectivity index is 2.08. The van der Waals surface area contributed by atoms with Crippen LogP contribution in [-0.2, 0) is 6.54 Å². The van der Waals surface area contributed by atoms with Crippen LogP contribution >= 0.6 is 11.6 Å². The Morgan fingerprint density at radius 3 is 2.80 bits per heavy atom. The third kappa shape index (κ3) is 3.95. The normalized spacial score (nSPS) is 18.1. The lowest BCUT2D eigenvalue weighted by Crippen LogP contribution is -2.32. The first-order valence-electron chi connectivity index (χ1n) is 7.44. The number of rotatable bonds is 7. The fourth-order valence-electron chi connectivity index (χ4n) is 3.03. The van der Waals surface area contributed by atoms with Crippen molar-refractivity contribution in [2.45, 2.75) is 44.7 Å². The summed E-state index contributed by atoms with van der Waals surface area (Å²) >= 11 is 6.33. The molecule has 20 heavy (non-hydrogen) atoms. The molecule has 1 aliphatic rings.